The minimum absolute atomic E-state index is 0.0690. The van der Waals surface area contributed by atoms with Crippen LogP contribution in [0.1, 0.15) is 68.6 Å². The Labute approximate surface area is 368 Å². The summed E-state index contributed by atoms with van der Waals surface area (Å²) < 4.78 is 62.4. The van der Waals surface area contributed by atoms with Gasteiger partial charge in [-0.1, -0.05) is 147 Å². The largest absolute Gasteiger partial charge is 0.390 e. The van der Waals surface area contributed by atoms with Gasteiger partial charge in [-0.25, -0.2) is 0 Å². The first-order valence-electron chi connectivity index (χ1n) is 22.4. The lowest BCUT2D eigenvalue weighted by atomic mass is 9.68. The number of hydrogen-bond acceptors (Lipinski definition) is 11. The van der Waals surface area contributed by atoms with Crippen molar-refractivity contribution in [1.29, 1.82) is 0 Å². The van der Waals surface area contributed by atoms with Crippen LogP contribution < -0.4 is 0 Å². The molecule has 13 nitrogen and oxygen atoms in total. The summed E-state index contributed by atoms with van der Waals surface area (Å²) in [5, 5.41) is 16.1. The summed E-state index contributed by atoms with van der Waals surface area (Å²) in [6.07, 6.45) is -6.77. The van der Waals surface area contributed by atoms with Gasteiger partial charge < -0.3 is 47.7 Å². The lowest BCUT2D eigenvalue weighted by molar-refractivity contribution is -0.360. The van der Waals surface area contributed by atoms with Gasteiger partial charge >= 0.3 is 0 Å². The van der Waals surface area contributed by atoms with Crippen molar-refractivity contribution in [2.24, 2.45) is 21.9 Å². The zero-order valence-electron chi connectivity index (χ0n) is 36.0. The molecule has 63 heavy (non-hydrogen) atoms. The van der Waals surface area contributed by atoms with Crippen molar-refractivity contribution in [1.82, 2.24) is 0 Å². The molecule has 0 unspecified atom stereocenters. The summed E-state index contributed by atoms with van der Waals surface area (Å²) in [6.45, 7) is 7.83. The molecular weight excluding hydrogens is 803 g/mol. The van der Waals surface area contributed by atoms with Gasteiger partial charge in [0.2, 0.25) is 0 Å². The molecule has 10 rings (SSSR count). The predicted molar refractivity (Wildman–Crippen MR) is 229 cm³/mol. The minimum atomic E-state index is -1.30. The molecule has 3 saturated carbocycles. The molecule has 1 N–H and O–H groups in total. The van der Waals surface area contributed by atoms with E-state index in [9.17, 15) is 10.6 Å². The summed E-state index contributed by atoms with van der Waals surface area (Å²) in [5.41, 5.74) is 13.3. The number of rotatable bonds is 13. The molecule has 332 valence electrons. The van der Waals surface area contributed by atoms with Crippen LogP contribution in [0.3, 0.4) is 0 Å². The Morgan fingerprint density at radius 2 is 1.21 bits per heavy atom. The molecular formula is C50H57N3O10. The summed E-state index contributed by atoms with van der Waals surface area (Å²) in [5.74, 6) is -0.571. The third-order valence-corrected chi connectivity index (χ3v) is 15.1. The molecule has 0 radical (unpaired) electrons. The molecule has 4 aromatic rings. The van der Waals surface area contributed by atoms with Crippen molar-refractivity contribution in [3.63, 3.8) is 0 Å². The summed E-state index contributed by atoms with van der Waals surface area (Å²) in [4.78, 5) is 3.17. The average molecular weight is 860 g/mol. The van der Waals surface area contributed by atoms with E-state index in [0.717, 1.165) is 35.1 Å². The van der Waals surface area contributed by atoms with Crippen molar-refractivity contribution >= 4 is 0 Å². The van der Waals surface area contributed by atoms with Gasteiger partial charge in [0.25, 0.3) is 0 Å². The fourth-order valence-electron chi connectivity index (χ4n) is 11.2. The fourth-order valence-corrected chi connectivity index (χ4v) is 11.2. The number of azide groups is 1. The number of benzene rings is 4. The number of aliphatic hydroxyl groups excluding tert-OH is 1. The van der Waals surface area contributed by atoms with Crippen molar-refractivity contribution in [2.45, 2.75) is 139 Å². The van der Waals surface area contributed by atoms with Gasteiger partial charge in [-0.15, -0.1) is 0 Å². The molecule has 0 aromatic heterocycles. The molecule has 6 aliphatic rings. The monoisotopic (exact) mass is 859 g/mol. The molecule has 3 saturated heterocycles. The van der Waals surface area contributed by atoms with E-state index in [-0.39, 0.29) is 30.7 Å². The van der Waals surface area contributed by atoms with Crippen LogP contribution in [0.25, 0.3) is 10.4 Å². The quantitative estimate of drug-likeness (QED) is 0.0789. The highest BCUT2D eigenvalue weighted by molar-refractivity contribution is 5.22. The van der Waals surface area contributed by atoms with E-state index >= 15 is 0 Å². The summed E-state index contributed by atoms with van der Waals surface area (Å²) in [7, 11) is 0. The van der Waals surface area contributed by atoms with E-state index in [1.807, 2.05) is 121 Å². The van der Waals surface area contributed by atoms with E-state index in [4.69, 9.17) is 42.6 Å². The molecule has 2 bridgehead atoms. The van der Waals surface area contributed by atoms with Gasteiger partial charge in [0, 0.05) is 22.3 Å². The van der Waals surface area contributed by atoms with Gasteiger partial charge in [0.1, 0.15) is 54.9 Å². The van der Waals surface area contributed by atoms with Crippen molar-refractivity contribution in [3.05, 3.63) is 154 Å². The smallest absolute Gasteiger partial charge is 0.184 e. The highest BCUT2D eigenvalue weighted by atomic mass is 16.8. The number of aliphatic hydroxyl groups is 1. The zero-order valence-corrected chi connectivity index (χ0v) is 36.0. The highest BCUT2D eigenvalue weighted by Gasteiger charge is 2.76. The topological polar surface area (TPSA) is 152 Å². The second kappa shape index (κ2) is 17.6. The minimum Gasteiger partial charge on any atom is -0.390 e. The van der Waals surface area contributed by atoms with Crippen LogP contribution in [-0.4, -0.2) is 84.8 Å². The maximum Gasteiger partial charge on any atom is 0.184 e. The molecule has 6 fully saturated rings. The molecule has 4 aromatic carbocycles. The average Bonchev–Trinajstić information content (AvgIpc) is 3.86. The Hall–Kier alpha value is -4.21. The highest BCUT2D eigenvalue weighted by Crippen LogP contribution is 2.73. The number of hydrogen-bond donors (Lipinski definition) is 1. The van der Waals surface area contributed by atoms with Crippen LogP contribution >= 0.6 is 0 Å². The molecule has 3 aliphatic carbocycles. The molecule has 3 aliphatic heterocycles. The van der Waals surface area contributed by atoms with Crippen molar-refractivity contribution < 1.29 is 47.7 Å². The van der Waals surface area contributed by atoms with Gasteiger partial charge in [0.05, 0.1) is 32.5 Å². The SMILES string of the molecule is CC1(C)[C@H]2CC[C@]1(C)[C@]1(C2)O[C@@H]2[C@H](OCc3ccccc3)[C@@H](OCc3ccccc3)[C@H](OCc3ccccc3)[C@@H](O[C@H]3O[C@@H]4CO[C@@H](c5ccccc5)O[C@H]4[C@H](O)[C@H]3N=[N+]=[N-])[C@@H]2O1. The van der Waals surface area contributed by atoms with E-state index < -0.39 is 79.3 Å². The maximum atomic E-state index is 12.0. The maximum absolute atomic E-state index is 12.0. The normalized spacial score (nSPS) is 38.8. The van der Waals surface area contributed by atoms with Crippen molar-refractivity contribution in [2.75, 3.05) is 6.61 Å². The van der Waals surface area contributed by atoms with E-state index in [0.29, 0.717) is 18.9 Å². The lowest BCUT2D eigenvalue weighted by Crippen LogP contribution is -2.68. The first-order valence-corrected chi connectivity index (χ1v) is 22.4. The Morgan fingerprint density at radius 1 is 0.683 bits per heavy atom. The Morgan fingerprint density at radius 3 is 1.73 bits per heavy atom. The zero-order chi connectivity index (χ0) is 43.2. The first-order chi connectivity index (χ1) is 30.7. The molecule has 13 heteroatoms. The van der Waals surface area contributed by atoms with E-state index in [2.05, 4.69) is 30.8 Å². The van der Waals surface area contributed by atoms with Gasteiger partial charge in [-0.2, -0.15) is 0 Å². The summed E-state index contributed by atoms with van der Waals surface area (Å²) in [6, 6.07) is 38.3. The fraction of sp³-hybridized carbons (Fsp3) is 0.520. The predicted octanol–water partition coefficient (Wildman–Crippen LogP) is 8.35. The Balaban J connectivity index is 1.04. The van der Waals surface area contributed by atoms with Gasteiger partial charge in [-0.3, -0.25) is 0 Å². The summed E-state index contributed by atoms with van der Waals surface area (Å²) >= 11 is 0. The van der Waals surface area contributed by atoms with Gasteiger partial charge in [-0.05, 0) is 46.4 Å². The van der Waals surface area contributed by atoms with E-state index in [1.54, 1.807) is 0 Å². The first kappa shape index (κ1) is 42.7. The van der Waals surface area contributed by atoms with E-state index in [1.165, 1.54) is 0 Å². The molecule has 15 atom stereocenters. The van der Waals surface area contributed by atoms with Crippen LogP contribution in [0.15, 0.2) is 126 Å². The molecule has 1 spiro atoms. The van der Waals surface area contributed by atoms with Gasteiger partial charge in [0.15, 0.2) is 18.4 Å². The van der Waals surface area contributed by atoms with Crippen LogP contribution in [-0.2, 0) is 62.5 Å². The number of ether oxygens (including phenoxy) is 9. The van der Waals surface area contributed by atoms with Crippen LogP contribution in [0.5, 0.6) is 0 Å². The number of fused-ring (bicyclic) bond motifs is 5. The molecule has 0 amide bonds. The number of nitrogens with zero attached hydrogens (tertiary/aromatic N) is 3. The lowest BCUT2D eigenvalue weighted by Gasteiger charge is -2.50. The third-order valence-electron chi connectivity index (χ3n) is 15.1. The van der Waals surface area contributed by atoms with Crippen LogP contribution in [0, 0.1) is 16.7 Å². The van der Waals surface area contributed by atoms with Crippen LogP contribution in [0.2, 0.25) is 0 Å². The van der Waals surface area contributed by atoms with Crippen LogP contribution in [0.4, 0.5) is 0 Å². The molecule has 3 heterocycles. The van der Waals surface area contributed by atoms with Crippen molar-refractivity contribution in [3.8, 4) is 0 Å². The second-order valence-electron chi connectivity index (χ2n) is 18.7. The Bertz CT molecular complexity index is 2200. The third kappa shape index (κ3) is 7.81. The second-order valence-corrected chi connectivity index (χ2v) is 18.7. The standard InChI is InChI=1S/C50H57N3O10/c1-48(2)35-24-25-49(48,3)50(26-35)62-44-42(57-29-33-20-12-6-13-21-33)40(55-27-31-16-8-4-9-17-31)41(56-28-32-18-10-5-11-19-32)43(45(44)63-50)61-47-37(52-53-51)38(54)39-36(59-47)30-58-46(60-39)34-22-14-7-15-23-34/h4-23,35-47,54H,24-30H2,1-3H3/t35-,36+,37+,38+,39+,40-,41-,42+,43+,44+,45-,46+,47+,49-,50+/m0/s1. The Kier molecular flexibility index (Phi) is 12.0.